The Morgan fingerprint density at radius 2 is 2.14 bits per heavy atom. The van der Waals surface area contributed by atoms with Crippen molar-refractivity contribution in [1.29, 1.82) is 0 Å². The molecule has 2 heterocycles. The third-order valence-corrected chi connectivity index (χ3v) is 6.14. The van der Waals surface area contributed by atoms with Crippen molar-refractivity contribution in [2.45, 2.75) is 18.9 Å². The number of carbonyl (C=O) groups excluding carboxylic acids is 1. The standard InChI is InChI=1S/C21H21ClN2O4S/c1-26-14-6-8-18(27-2)16(11-14)20(25)24(12-15-4-3-9-28-15)21-23-17-7-5-13(22)10-19(17)29-21/h5-8,10-11,15H,3-4,9,12H2,1-2H3. The van der Waals surface area contributed by atoms with E-state index in [2.05, 4.69) is 4.98 Å². The molecule has 4 rings (SSSR count). The summed E-state index contributed by atoms with van der Waals surface area (Å²) in [5.41, 5.74) is 1.22. The summed E-state index contributed by atoms with van der Waals surface area (Å²) in [6, 6.07) is 10.7. The maximum Gasteiger partial charge on any atom is 0.264 e. The van der Waals surface area contributed by atoms with Crippen LogP contribution in [-0.4, -0.2) is 44.4 Å². The summed E-state index contributed by atoms with van der Waals surface area (Å²) in [5, 5.41) is 1.24. The van der Waals surface area contributed by atoms with Gasteiger partial charge in [-0.3, -0.25) is 9.69 Å². The number of aromatic nitrogens is 1. The molecule has 0 aliphatic carbocycles. The van der Waals surface area contributed by atoms with Crippen LogP contribution in [0.15, 0.2) is 36.4 Å². The number of ether oxygens (including phenoxy) is 3. The average Bonchev–Trinajstić information content (AvgIpc) is 3.40. The van der Waals surface area contributed by atoms with Crippen molar-refractivity contribution < 1.29 is 19.0 Å². The smallest absolute Gasteiger partial charge is 0.264 e. The molecule has 1 amide bonds. The highest BCUT2D eigenvalue weighted by Gasteiger charge is 2.29. The Labute approximate surface area is 178 Å². The van der Waals surface area contributed by atoms with Gasteiger partial charge in [-0.15, -0.1) is 0 Å². The molecule has 1 saturated heterocycles. The Morgan fingerprint density at radius 3 is 2.86 bits per heavy atom. The maximum absolute atomic E-state index is 13.6. The second-order valence-corrected chi connectivity index (χ2v) is 8.17. The fraction of sp³-hybridized carbons (Fsp3) is 0.333. The molecular weight excluding hydrogens is 412 g/mol. The molecule has 1 aliphatic rings. The topological polar surface area (TPSA) is 60.9 Å². The van der Waals surface area contributed by atoms with Crippen LogP contribution in [0.1, 0.15) is 23.2 Å². The van der Waals surface area contributed by atoms with Gasteiger partial charge >= 0.3 is 0 Å². The van der Waals surface area contributed by atoms with Crippen molar-refractivity contribution in [3.05, 3.63) is 47.0 Å². The van der Waals surface area contributed by atoms with E-state index in [0.717, 1.165) is 23.1 Å². The summed E-state index contributed by atoms with van der Waals surface area (Å²) in [6.07, 6.45) is 1.88. The van der Waals surface area contributed by atoms with E-state index in [1.54, 1.807) is 43.4 Å². The van der Waals surface area contributed by atoms with Crippen LogP contribution < -0.4 is 14.4 Å². The number of amides is 1. The lowest BCUT2D eigenvalue weighted by molar-refractivity contribution is 0.0914. The lowest BCUT2D eigenvalue weighted by atomic mass is 10.1. The SMILES string of the molecule is COc1ccc(OC)c(C(=O)N(CC2CCCO2)c2nc3ccc(Cl)cc3s2)c1. The highest BCUT2D eigenvalue weighted by Crippen LogP contribution is 2.34. The molecule has 0 saturated carbocycles. The second-order valence-electron chi connectivity index (χ2n) is 6.73. The fourth-order valence-electron chi connectivity index (χ4n) is 3.37. The van der Waals surface area contributed by atoms with Crippen LogP contribution in [-0.2, 0) is 4.74 Å². The number of carbonyl (C=O) groups is 1. The number of anilines is 1. The fourth-order valence-corrected chi connectivity index (χ4v) is 4.62. The molecule has 1 unspecified atom stereocenters. The van der Waals surface area contributed by atoms with Crippen molar-refractivity contribution in [2.75, 3.05) is 32.3 Å². The van der Waals surface area contributed by atoms with Crippen molar-refractivity contribution in [2.24, 2.45) is 0 Å². The van der Waals surface area contributed by atoms with E-state index >= 15 is 0 Å². The average molecular weight is 433 g/mol. The zero-order valence-electron chi connectivity index (χ0n) is 16.2. The molecule has 0 bridgehead atoms. The number of thiazole rings is 1. The van der Waals surface area contributed by atoms with Crippen molar-refractivity contribution >= 4 is 44.2 Å². The minimum absolute atomic E-state index is 0.0221. The van der Waals surface area contributed by atoms with Gasteiger partial charge in [-0.2, -0.15) is 0 Å². The van der Waals surface area contributed by atoms with Crippen molar-refractivity contribution in [1.82, 2.24) is 4.98 Å². The molecule has 1 aromatic heterocycles. The number of fused-ring (bicyclic) bond motifs is 1. The lowest BCUT2D eigenvalue weighted by Gasteiger charge is -2.24. The van der Waals surface area contributed by atoms with Crippen LogP contribution >= 0.6 is 22.9 Å². The predicted molar refractivity (Wildman–Crippen MR) is 115 cm³/mol. The van der Waals surface area contributed by atoms with E-state index in [9.17, 15) is 4.79 Å². The summed E-state index contributed by atoms with van der Waals surface area (Å²) in [4.78, 5) is 20.0. The number of rotatable bonds is 6. The van der Waals surface area contributed by atoms with Crippen LogP contribution in [0, 0.1) is 0 Å². The molecular formula is C21H21ClN2O4S. The first-order chi connectivity index (χ1) is 14.1. The van der Waals surface area contributed by atoms with Crippen LogP contribution in [0.3, 0.4) is 0 Å². The van der Waals surface area contributed by atoms with Gasteiger partial charge in [-0.1, -0.05) is 22.9 Å². The summed E-state index contributed by atoms with van der Waals surface area (Å²) in [5.74, 6) is 0.862. The minimum Gasteiger partial charge on any atom is -0.497 e. The zero-order valence-corrected chi connectivity index (χ0v) is 17.8. The van der Waals surface area contributed by atoms with E-state index in [4.69, 9.17) is 25.8 Å². The summed E-state index contributed by atoms with van der Waals surface area (Å²) in [6.45, 7) is 1.14. The summed E-state index contributed by atoms with van der Waals surface area (Å²) in [7, 11) is 3.11. The monoisotopic (exact) mass is 432 g/mol. The second kappa shape index (κ2) is 8.57. The largest absolute Gasteiger partial charge is 0.497 e. The third-order valence-electron chi connectivity index (χ3n) is 4.86. The first-order valence-corrected chi connectivity index (χ1v) is 10.5. The van der Waals surface area contributed by atoms with E-state index in [1.165, 1.54) is 11.3 Å². The van der Waals surface area contributed by atoms with Crippen molar-refractivity contribution in [3.63, 3.8) is 0 Å². The molecule has 8 heteroatoms. The highest BCUT2D eigenvalue weighted by atomic mass is 35.5. The van der Waals surface area contributed by atoms with E-state index in [-0.39, 0.29) is 12.0 Å². The lowest BCUT2D eigenvalue weighted by Crippen LogP contribution is -2.37. The first kappa shape index (κ1) is 19.9. The quantitative estimate of drug-likeness (QED) is 0.560. The van der Waals surface area contributed by atoms with Gasteiger partial charge in [0, 0.05) is 11.6 Å². The molecule has 6 nitrogen and oxygen atoms in total. The van der Waals surface area contributed by atoms with Crippen molar-refractivity contribution in [3.8, 4) is 11.5 Å². The Bertz CT molecular complexity index is 1030. The van der Waals surface area contributed by atoms with Gasteiger partial charge in [-0.05, 0) is 49.2 Å². The van der Waals surface area contributed by atoms with Gasteiger partial charge in [0.1, 0.15) is 11.5 Å². The molecule has 29 heavy (non-hydrogen) atoms. The van der Waals surface area contributed by atoms with Gasteiger partial charge < -0.3 is 14.2 Å². The third kappa shape index (κ3) is 4.17. The van der Waals surface area contributed by atoms with E-state index in [0.29, 0.717) is 40.4 Å². The van der Waals surface area contributed by atoms with Gasteiger partial charge in [-0.25, -0.2) is 4.98 Å². The number of nitrogens with zero attached hydrogens (tertiary/aromatic N) is 2. The Kier molecular flexibility index (Phi) is 5.89. The molecule has 0 N–H and O–H groups in total. The Hall–Kier alpha value is -2.35. The minimum atomic E-state index is -0.207. The normalized spacial score (nSPS) is 16.2. The molecule has 152 valence electrons. The number of benzene rings is 2. The van der Waals surface area contributed by atoms with Gasteiger partial charge in [0.05, 0.1) is 42.6 Å². The summed E-state index contributed by atoms with van der Waals surface area (Å²) >= 11 is 7.56. The molecule has 3 aromatic rings. The first-order valence-electron chi connectivity index (χ1n) is 9.30. The van der Waals surface area contributed by atoms with Gasteiger partial charge in [0.2, 0.25) is 0 Å². The molecule has 1 aliphatic heterocycles. The Morgan fingerprint density at radius 1 is 1.28 bits per heavy atom. The number of halogens is 1. The van der Waals surface area contributed by atoms with Gasteiger partial charge in [0.15, 0.2) is 5.13 Å². The van der Waals surface area contributed by atoms with Gasteiger partial charge in [0.25, 0.3) is 5.91 Å². The molecule has 1 atom stereocenters. The van der Waals surface area contributed by atoms with Crippen LogP contribution in [0.5, 0.6) is 11.5 Å². The van der Waals surface area contributed by atoms with E-state index in [1.807, 2.05) is 12.1 Å². The number of methoxy groups -OCH3 is 2. The van der Waals surface area contributed by atoms with Crippen LogP contribution in [0.4, 0.5) is 5.13 Å². The predicted octanol–water partition coefficient (Wildman–Crippen LogP) is 4.79. The maximum atomic E-state index is 13.6. The Balaban J connectivity index is 1.76. The van der Waals surface area contributed by atoms with Crippen LogP contribution in [0.2, 0.25) is 5.02 Å². The number of hydrogen-bond donors (Lipinski definition) is 0. The molecule has 0 spiro atoms. The van der Waals surface area contributed by atoms with Crippen LogP contribution in [0.25, 0.3) is 10.2 Å². The van der Waals surface area contributed by atoms with E-state index < -0.39 is 0 Å². The molecule has 1 fully saturated rings. The summed E-state index contributed by atoms with van der Waals surface area (Å²) < 4.78 is 17.5. The zero-order chi connectivity index (χ0) is 20.4. The molecule has 2 aromatic carbocycles. The molecule has 0 radical (unpaired) electrons. The number of hydrogen-bond acceptors (Lipinski definition) is 6. The highest BCUT2D eigenvalue weighted by molar-refractivity contribution is 7.22.